The second-order valence-electron chi connectivity index (χ2n) is 5.88. The molecule has 1 N–H and O–H groups in total. The Kier molecular flexibility index (Phi) is 4.18. The zero-order valence-electron chi connectivity index (χ0n) is 12.9. The summed E-state index contributed by atoms with van der Waals surface area (Å²) in [7, 11) is 0. The van der Waals surface area contributed by atoms with E-state index in [1.807, 2.05) is 0 Å². The predicted molar refractivity (Wildman–Crippen MR) is 87.6 cm³/mol. The quantitative estimate of drug-likeness (QED) is 0.874. The lowest BCUT2D eigenvalue weighted by Crippen LogP contribution is -2.09. The van der Waals surface area contributed by atoms with E-state index in [2.05, 4.69) is 53.4 Å². The maximum Gasteiger partial charge on any atom is 0.132 e. The molecule has 0 atom stereocenters. The lowest BCUT2D eigenvalue weighted by atomic mass is 9.79. The van der Waals surface area contributed by atoms with Crippen LogP contribution in [0.25, 0.3) is 11.3 Å². The second-order valence-corrected chi connectivity index (χ2v) is 5.88. The molecular formula is C18H23N3. The Balaban J connectivity index is 1.92. The standard InChI is InChI=1S/C18H23N3/c1-3-10-19-18-13(2)17(20-12-21-18)16-9-5-8-15(11-16)14-6-4-7-14/h5,8-9,11-12,14H,3-4,6-7,10H2,1-2H3,(H,19,20,21). The van der Waals surface area contributed by atoms with Crippen LogP contribution in [-0.4, -0.2) is 16.5 Å². The van der Waals surface area contributed by atoms with Crippen LogP contribution in [0.1, 0.15) is 49.7 Å². The number of anilines is 1. The van der Waals surface area contributed by atoms with Gasteiger partial charge in [-0.2, -0.15) is 0 Å². The van der Waals surface area contributed by atoms with E-state index in [0.717, 1.165) is 36.0 Å². The molecule has 0 aliphatic heterocycles. The predicted octanol–water partition coefficient (Wildman–Crippen LogP) is 4.54. The number of nitrogens with zero attached hydrogens (tertiary/aromatic N) is 2. The van der Waals surface area contributed by atoms with Gasteiger partial charge in [0.2, 0.25) is 0 Å². The molecule has 1 saturated carbocycles. The largest absolute Gasteiger partial charge is 0.370 e. The number of hydrogen-bond acceptors (Lipinski definition) is 3. The van der Waals surface area contributed by atoms with E-state index >= 15 is 0 Å². The van der Waals surface area contributed by atoms with Crippen molar-refractivity contribution in [2.24, 2.45) is 0 Å². The molecule has 1 aromatic heterocycles. The van der Waals surface area contributed by atoms with E-state index in [0.29, 0.717) is 0 Å². The van der Waals surface area contributed by atoms with Gasteiger partial charge in [0.25, 0.3) is 0 Å². The van der Waals surface area contributed by atoms with Crippen molar-refractivity contribution in [3.05, 3.63) is 41.7 Å². The molecule has 1 aromatic carbocycles. The van der Waals surface area contributed by atoms with E-state index < -0.39 is 0 Å². The van der Waals surface area contributed by atoms with Gasteiger partial charge in [0, 0.05) is 17.7 Å². The van der Waals surface area contributed by atoms with Gasteiger partial charge in [-0.1, -0.05) is 31.5 Å². The van der Waals surface area contributed by atoms with Crippen LogP contribution in [0.15, 0.2) is 30.6 Å². The summed E-state index contributed by atoms with van der Waals surface area (Å²) in [5.41, 5.74) is 4.85. The maximum atomic E-state index is 4.51. The number of hydrogen-bond donors (Lipinski definition) is 1. The van der Waals surface area contributed by atoms with E-state index in [1.54, 1.807) is 6.33 Å². The van der Waals surface area contributed by atoms with Crippen molar-refractivity contribution in [1.29, 1.82) is 0 Å². The third kappa shape index (κ3) is 2.92. The molecule has 1 aliphatic rings. The Bertz CT molecular complexity index is 618. The van der Waals surface area contributed by atoms with E-state index in [9.17, 15) is 0 Å². The summed E-state index contributed by atoms with van der Waals surface area (Å²) in [6.07, 6.45) is 6.78. The minimum Gasteiger partial charge on any atom is -0.370 e. The van der Waals surface area contributed by atoms with E-state index in [-0.39, 0.29) is 0 Å². The topological polar surface area (TPSA) is 37.8 Å². The molecule has 1 heterocycles. The summed E-state index contributed by atoms with van der Waals surface area (Å²) in [5, 5.41) is 3.38. The van der Waals surface area contributed by atoms with Crippen LogP contribution >= 0.6 is 0 Å². The lowest BCUT2D eigenvalue weighted by Gasteiger charge is -2.26. The fraction of sp³-hybridized carbons (Fsp3) is 0.444. The molecule has 110 valence electrons. The summed E-state index contributed by atoms with van der Waals surface area (Å²) in [6, 6.07) is 8.87. The van der Waals surface area contributed by atoms with Crippen molar-refractivity contribution in [3.63, 3.8) is 0 Å². The molecule has 2 aromatic rings. The Labute approximate surface area is 126 Å². The molecule has 3 nitrogen and oxygen atoms in total. The van der Waals surface area contributed by atoms with Crippen molar-refractivity contribution < 1.29 is 0 Å². The van der Waals surface area contributed by atoms with Crippen LogP contribution in [-0.2, 0) is 0 Å². The molecule has 3 rings (SSSR count). The van der Waals surface area contributed by atoms with Crippen LogP contribution in [0.5, 0.6) is 0 Å². The fourth-order valence-electron chi connectivity index (χ4n) is 2.84. The molecule has 0 radical (unpaired) electrons. The van der Waals surface area contributed by atoms with Crippen molar-refractivity contribution >= 4 is 5.82 Å². The fourth-order valence-corrected chi connectivity index (χ4v) is 2.84. The molecule has 0 amide bonds. The first-order valence-electron chi connectivity index (χ1n) is 7.95. The van der Waals surface area contributed by atoms with Gasteiger partial charge in [-0.05, 0) is 43.7 Å². The summed E-state index contributed by atoms with van der Waals surface area (Å²) >= 11 is 0. The molecule has 21 heavy (non-hydrogen) atoms. The van der Waals surface area contributed by atoms with Crippen molar-refractivity contribution in [3.8, 4) is 11.3 Å². The first-order chi connectivity index (χ1) is 10.3. The minimum absolute atomic E-state index is 0.754. The molecule has 0 unspecified atom stereocenters. The summed E-state index contributed by atoms with van der Waals surface area (Å²) < 4.78 is 0. The number of rotatable bonds is 5. The highest BCUT2D eigenvalue weighted by Gasteiger charge is 2.20. The van der Waals surface area contributed by atoms with Crippen molar-refractivity contribution in [2.45, 2.75) is 45.4 Å². The molecule has 3 heteroatoms. The van der Waals surface area contributed by atoms with Gasteiger partial charge in [0.1, 0.15) is 12.1 Å². The smallest absolute Gasteiger partial charge is 0.132 e. The molecular weight excluding hydrogens is 258 g/mol. The van der Waals surface area contributed by atoms with E-state index in [1.165, 1.54) is 30.4 Å². The average Bonchev–Trinajstić information content (AvgIpc) is 2.45. The SMILES string of the molecule is CCCNc1ncnc(-c2cccc(C3CCC3)c2)c1C. The number of nitrogens with one attached hydrogen (secondary N) is 1. The van der Waals surface area contributed by atoms with Crippen LogP contribution in [0.3, 0.4) is 0 Å². The highest BCUT2D eigenvalue weighted by Crippen LogP contribution is 2.37. The van der Waals surface area contributed by atoms with Gasteiger partial charge in [-0.15, -0.1) is 0 Å². The van der Waals surface area contributed by atoms with Gasteiger partial charge < -0.3 is 5.32 Å². The molecule has 1 fully saturated rings. The minimum atomic E-state index is 0.754. The summed E-state index contributed by atoms with van der Waals surface area (Å²) in [6.45, 7) is 5.20. The van der Waals surface area contributed by atoms with Gasteiger partial charge in [-0.25, -0.2) is 9.97 Å². The number of benzene rings is 1. The third-order valence-electron chi connectivity index (χ3n) is 4.36. The summed E-state index contributed by atoms with van der Waals surface area (Å²) in [5.74, 6) is 1.71. The van der Waals surface area contributed by atoms with Crippen molar-refractivity contribution in [2.75, 3.05) is 11.9 Å². The van der Waals surface area contributed by atoms with E-state index in [4.69, 9.17) is 0 Å². The molecule has 1 aliphatic carbocycles. The maximum absolute atomic E-state index is 4.51. The van der Waals surface area contributed by atoms with Crippen LogP contribution in [0, 0.1) is 6.92 Å². The van der Waals surface area contributed by atoms with Gasteiger partial charge in [0.05, 0.1) is 5.69 Å². The monoisotopic (exact) mass is 281 g/mol. The van der Waals surface area contributed by atoms with Gasteiger partial charge >= 0.3 is 0 Å². The zero-order valence-corrected chi connectivity index (χ0v) is 12.9. The third-order valence-corrected chi connectivity index (χ3v) is 4.36. The Morgan fingerprint density at radius 2 is 2.10 bits per heavy atom. The Morgan fingerprint density at radius 3 is 2.81 bits per heavy atom. The van der Waals surface area contributed by atoms with Crippen LogP contribution in [0.4, 0.5) is 5.82 Å². The first kappa shape index (κ1) is 14.1. The zero-order chi connectivity index (χ0) is 14.7. The first-order valence-corrected chi connectivity index (χ1v) is 7.95. The lowest BCUT2D eigenvalue weighted by molar-refractivity contribution is 0.420. The van der Waals surface area contributed by atoms with Crippen LogP contribution in [0.2, 0.25) is 0 Å². The molecule has 0 spiro atoms. The average molecular weight is 281 g/mol. The van der Waals surface area contributed by atoms with Crippen LogP contribution < -0.4 is 5.32 Å². The number of aromatic nitrogens is 2. The Hall–Kier alpha value is -1.90. The second kappa shape index (κ2) is 6.25. The highest BCUT2D eigenvalue weighted by molar-refractivity contribution is 5.68. The molecule has 0 saturated heterocycles. The highest BCUT2D eigenvalue weighted by atomic mass is 15.0. The van der Waals surface area contributed by atoms with Gasteiger partial charge in [-0.3, -0.25) is 0 Å². The van der Waals surface area contributed by atoms with Gasteiger partial charge in [0.15, 0.2) is 0 Å². The molecule has 0 bridgehead atoms. The normalized spacial score (nSPS) is 14.8. The summed E-state index contributed by atoms with van der Waals surface area (Å²) in [4.78, 5) is 8.88. The Morgan fingerprint density at radius 1 is 1.24 bits per heavy atom. The van der Waals surface area contributed by atoms with Crippen molar-refractivity contribution in [1.82, 2.24) is 9.97 Å².